The van der Waals surface area contributed by atoms with Gasteiger partial charge in [0.05, 0.1) is 16.9 Å². The molecule has 0 aliphatic heterocycles. The fraction of sp³-hybridized carbons (Fsp3) is 0.176. The molecule has 0 saturated heterocycles. The Morgan fingerprint density at radius 3 is 2.54 bits per heavy atom. The molecule has 0 atom stereocenters. The van der Waals surface area contributed by atoms with Crippen molar-refractivity contribution in [2.24, 2.45) is 5.10 Å². The van der Waals surface area contributed by atoms with Gasteiger partial charge in [-0.15, -0.1) is 0 Å². The Labute approximate surface area is 144 Å². The quantitative estimate of drug-likeness (QED) is 0.345. The van der Waals surface area contributed by atoms with Crippen LogP contribution < -0.4 is 5.43 Å². The van der Waals surface area contributed by atoms with Crippen molar-refractivity contribution in [1.82, 2.24) is 5.43 Å². The van der Waals surface area contributed by atoms with Gasteiger partial charge in [0.2, 0.25) is 5.91 Å². The number of hydrogen-bond acceptors (Lipinski definition) is 5. The molecule has 2 rings (SSSR count). The van der Waals surface area contributed by atoms with Crippen LogP contribution in [0.15, 0.2) is 59.7 Å². The summed E-state index contributed by atoms with van der Waals surface area (Å²) in [4.78, 5) is 21.7. The van der Waals surface area contributed by atoms with Gasteiger partial charge in [-0.25, -0.2) is 5.43 Å². The number of hydrogen-bond donors (Lipinski definition) is 1. The average Bonchev–Trinajstić information content (AvgIpc) is 2.60. The number of rotatable bonds is 8. The lowest BCUT2D eigenvalue weighted by atomic mass is 10.2. The average molecular weight is 343 g/mol. The van der Waals surface area contributed by atoms with E-state index in [4.69, 9.17) is 0 Å². The normalized spacial score (nSPS) is 10.7. The molecule has 0 spiro atoms. The summed E-state index contributed by atoms with van der Waals surface area (Å²) in [7, 11) is 0. The molecule has 6 nitrogen and oxygen atoms in total. The first-order valence-corrected chi connectivity index (χ1v) is 8.48. The number of nitrogens with zero attached hydrogens (tertiary/aromatic N) is 2. The zero-order chi connectivity index (χ0) is 17.2. The summed E-state index contributed by atoms with van der Waals surface area (Å²) in [6, 6.07) is 16.0. The number of amides is 1. The first-order chi connectivity index (χ1) is 11.6. The van der Waals surface area contributed by atoms with Gasteiger partial charge >= 0.3 is 0 Å². The Hall–Kier alpha value is -2.67. The molecule has 1 N–H and O–H groups in total. The van der Waals surface area contributed by atoms with E-state index in [1.807, 2.05) is 18.2 Å². The lowest BCUT2D eigenvalue weighted by molar-refractivity contribution is -0.384. The highest BCUT2D eigenvalue weighted by atomic mass is 32.2. The van der Waals surface area contributed by atoms with E-state index in [2.05, 4.69) is 22.7 Å². The predicted molar refractivity (Wildman–Crippen MR) is 96.3 cm³/mol. The zero-order valence-electron chi connectivity index (χ0n) is 12.9. The van der Waals surface area contributed by atoms with Gasteiger partial charge in [-0.05, 0) is 35.4 Å². The first kappa shape index (κ1) is 17.7. The van der Waals surface area contributed by atoms with Crippen LogP contribution in [0.5, 0.6) is 0 Å². The first-order valence-electron chi connectivity index (χ1n) is 7.33. The Morgan fingerprint density at radius 2 is 1.88 bits per heavy atom. The van der Waals surface area contributed by atoms with Crippen molar-refractivity contribution in [3.05, 3.63) is 75.8 Å². The second-order valence-corrected chi connectivity index (χ2v) is 6.04. The Kier molecular flexibility index (Phi) is 6.97. The molecule has 0 saturated carbocycles. The number of non-ortho nitro benzene ring substituents is 1. The van der Waals surface area contributed by atoms with Gasteiger partial charge in [0.1, 0.15) is 0 Å². The van der Waals surface area contributed by atoms with Crippen LogP contribution in [0.4, 0.5) is 5.69 Å². The van der Waals surface area contributed by atoms with Crippen LogP contribution in [0.1, 0.15) is 11.1 Å². The molecule has 0 unspecified atom stereocenters. The minimum atomic E-state index is -0.463. The van der Waals surface area contributed by atoms with Gasteiger partial charge in [0.25, 0.3) is 5.69 Å². The van der Waals surface area contributed by atoms with Crippen molar-refractivity contribution in [2.45, 2.75) is 6.42 Å². The summed E-state index contributed by atoms with van der Waals surface area (Å²) in [6.45, 7) is 0. The summed E-state index contributed by atoms with van der Waals surface area (Å²) in [5.74, 6) is 1.03. The van der Waals surface area contributed by atoms with Crippen LogP contribution in [0.25, 0.3) is 0 Å². The number of carbonyl (C=O) groups is 1. The van der Waals surface area contributed by atoms with Gasteiger partial charge in [-0.2, -0.15) is 16.9 Å². The van der Waals surface area contributed by atoms with E-state index in [0.29, 0.717) is 11.3 Å². The number of hydrazone groups is 1. The molecular formula is C17H17N3O3S. The van der Waals surface area contributed by atoms with E-state index in [1.165, 1.54) is 23.9 Å². The lowest BCUT2D eigenvalue weighted by Gasteiger charge is -2.01. The zero-order valence-corrected chi connectivity index (χ0v) is 13.7. The number of carbonyl (C=O) groups excluding carboxylic acids is 1. The van der Waals surface area contributed by atoms with E-state index in [-0.39, 0.29) is 11.6 Å². The predicted octanol–water partition coefficient (Wildman–Crippen LogP) is 3.02. The van der Waals surface area contributed by atoms with Crippen LogP contribution in [0.3, 0.4) is 0 Å². The largest absolute Gasteiger partial charge is 0.272 e. The molecule has 0 fully saturated rings. The van der Waals surface area contributed by atoms with Crippen LogP contribution in [0, 0.1) is 10.1 Å². The molecule has 1 amide bonds. The monoisotopic (exact) mass is 343 g/mol. The SMILES string of the molecule is O=C(CSCCc1ccccc1)N/N=C/c1ccc([N+](=O)[O-])cc1. The van der Waals surface area contributed by atoms with Crippen LogP contribution in [-0.2, 0) is 11.2 Å². The highest BCUT2D eigenvalue weighted by molar-refractivity contribution is 7.99. The fourth-order valence-corrected chi connectivity index (χ4v) is 2.67. The number of thioether (sulfide) groups is 1. The molecule has 2 aromatic rings. The number of aryl methyl sites for hydroxylation is 1. The molecule has 24 heavy (non-hydrogen) atoms. The Bertz CT molecular complexity index is 703. The molecule has 0 heterocycles. The van der Waals surface area contributed by atoms with E-state index in [0.717, 1.165) is 12.2 Å². The van der Waals surface area contributed by atoms with Crippen molar-refractivity contribution >= 4 is 29.6 Å². The molecule has 0 bridgehead atoms. The molecular weight excluding hydrogens is 326 g/mol. The van der Waals surface area contributed by atoms with E-state index in [1.54, 1.807) is 23.9 Å². The summed E-state index contributed by atoms with van der Waals surface area (Å²) in [5, 5.41) is 14.4. The van der Waals surface area contributed by atoms with Gasteiger partial charge in [0, 0.05) is 12.1 Å². The summed E-state index contributed by atoms with van der Waals surface area (Å²) in [6.07, 6.45) is 2.38. The van der Waals surface area contributed by atoms with Gasteiger partial charge < -0.3 is 0 Å². The van der Waals surface area contributed by atoms with Crippen molar-refractivity contribution in [2.75, 3.05) is 11.5 Å². The lowest BCUT2D eigenvalue weighted by Crippen LogP contribution is -2.20. The highest BCUT2D eigenvalue weighted by Gasteiger charge is 2.03. The van der Waals surface area contributed by atoms with Crippen molar-refractivity contribution < 1.29 is 9.72 Å². The summed E-state index contributed by atoms with van der Waals surface area (Å²) >= 11 is 1.55. The Balaban J connectivity index is 1.66. The number of nitro benzene ring substituents is 1. The molecule has 124 valence electrons. The second-order valence-electron chi connectivity index (χ2n) is 4.93. The van der Waals surface area contributed by atoms with Gasteiger partial charge in [-0.1, -0.05) is 30.3 Å². The third kappa shape index (κ3) is 6.21. The third-order valence-electron chi connectivity index (χ3n) is 3.12. The molecule has 0 aromatic heterocycles. The summed E-state index contributed by atoms with van der Waals surface area (Å²) in [5.41, 5.74) is 4.39. The molecule has 0 aliphatic carbocycles. The molecule has 0 radical (unpaired) electrons. The van der Waals surface area contributed by atoms with Crippen LogP contribution in [-0.4, -0.2) is 28.6 Å². The number of nitrogens with one attached hydrogen (secondary N) is 1. The van der Waals surface area contributed by atoms with Crippen molar-refractivity contribution in [3.8, 4) is 0 Å². The minimum absolute atomic E-state index is 0.0194. The number of nitro groups is 1. The Morgan fingerprint density at radius 1 is 1.17 bits per heavy atom. The van der Waals surface area contributed by atoms with Gasteiger partial charge in [-0.3, -0.25) is 14.9 Å². The maximum absolute atomic E-state index is 11.7. The second kappa shape index (κ2) is 9.46. The molecule has 0 aliphatic rings. The minimum Gasteiger partial charge on any atom is -0.272 e. The van der Waals surface area contributed by atoms with Gasteiger partial charge in [0.15, 0.2) is 0 Å². The maximum atomic E-state index is 11.7. The van der Waals surface area contributed by atoms with E-state index >= 15 is 0 Å². The van der Waals surface area contributed by atoms with Crippen molar-refractivity contribution in [3.63, 3.8) is 0 Å². The molecule has 7 heteroatoms. The smallest absolute Gasteiger partial charge is 0.269 e. The standard InChI is InChI=1S/C17H17N3O3S/c21-17(13-24-11-10-14-4-2-1-3-5-14)19-18-12-15-6-8-16(9-7-15)20(22)23/h1-9,12H,10-11,13H2,(H,19,21)/b18-12+. The molecule has 2 aromatic carbocycles. The fourth-order valence-electron chi connectivity index (χ4n) is 1.89. The van der Waals surface area contributed by atoms with E-state index in [9.17, 15) is 14.9 Å². The van der Waals surface area contributed by atoms with Crippen molar-refractivity contribution in [1.29, 1.82) is 0 Å². The highest BCUT2D eigenvalue weighted by Crippen LogP contribution is 2.10. The maximum Gasteiger partial charge on any atom is 0.269 e. The van der Waals surface area contributed by atoms with Crippen LogP contribution >= 0.6 is 11.8 Å². The summed E-state index contributed by atoms with van der Waals surface area (Å²) < 4.78 is 0. The number of benzene rings is 2. The van der Waals surface area contributed by atoms with Crippen LogP contribution in [0.2, 0.25) is 0 Å². The third-order valence-corrected chi connectivity index (χ3v) is 4.08. The van der Waals surface area contributed by atoms with E-state index < -0.39 is 4.92 Å². The topological polar surface area (TPSA) is 84.6 Å².